The summed E-state index contributed by atoms with van der Waals surface area (Å²) in [6.45, 7) is 0. The lowest BCUT2D eigenvalue weighted by Gasteiger charge is -2.14. The summed E-state index contributed by atoms with van der Waals surface area (Å²) in [5.41, 5.74) is -0.187. The number of aliphatic carboxylic acids is 1. The van der Waals surface area contributed by atoms with Crippen molar-refractivity contribution in [1.82, 2.24) is 10.3 Å². The van der Waals surface area contributed by atoms with Gasteiger partial charge in [-0.05, 0) is 18.6 Å². The molecule has 0 saturated heterocycles. The maximum absolute atomic E-state index is 12.0. The smallest absolute Gasteiger partial charge is 0.326 e. The van der Waals surface area contributed by atoms with E-state index in [9.17, 15) is 14.4 Å². The molecular formula is C12H12Cl2N2O5. The van der Waals surface area contributed by atoms with Gasteiger partial charge in [-0.3, -0.25) is 9.59 Å². The normalized spacial score (nSPS) is 11.6. The van der Waals surface area contributed by atoms with E-state index in [2.05, 4.69) is 15.0 Å². The molecule has 1 rings (SSSR count). The Bertz CT molecular complexity index is 565. The molecule has 1 heterocycles. The van der Waals surface area contributed by atoms with Crippen LogP contribution in [0.1, 0.15) is 23.3 Å². The highest BCUT2D eigenvalue weighted by atomic mass is 35.5. The fourth-order valence-electron chi connectivity index (χ4n) is 1.43. The number of ether oxygens (including phenoxy) is 1. The van der Waals surface area contributed by atoms with Crippen molar-refractivity contribution in [3.63, 3.8) is 0 Å². The zero-order valence-electron chi connectivity index (χ0n) is 10.9. The number of nitrogens with zero attached hydrogens (tertiary/aromatic N) is 1. The molecule has 0 aliphatic heterocycles. The van der Waals surface area contributed by atoms with E-state index in [1.54, 1.807) is 0 Å². The van der Waals surface area contributed by atoms with Crippen molar-refractivity contribution >= 4 is 41.0 Å². The molecule has 0 spiro atoms. The zero-order chi connectivity index (χ0) is 16.0. The van der Waals surface area contributed by atoms with Crippen LogP contribution in [0.25, 0.3) is 0 Å². The Balaban J connectivity index is 2.79. The maximum atomic E-state index is 12.0. The average Bonchev–Trinajstić information content (AvgIpc) is 2.44. The van der Waals surface area contributed by atoms with Crippen LogP contribution in [0.3, 0.4) is 0 Å². The topological polar surface area (TPSA) is 106 Å². The van der Waals surface area contributed by atoms with Crippen LogP contribution in [0.5, 0.6) is 0 Å². The number of amides is 1. The molecule has 0 aliphatic rings. The number of halogens is 2. The highest BCUT2D eigenvalue weighted by Crippen LogP contribution is 2.17. The fourth-order valence-corrected chi connectivity index (χ4v) is 1.76. The first kappa shape index (κ1) is 17.2. The molecule has 7 nitrogen and oxygen atoms in total. The largest absolute Gasteiger partial charge is 0.480 e. The molecule has 0 radical (unpaired) electrons. The number of carbonyl (C=O) groups excluding carboxylic acids is 2. The van der Waals surface area contributed by atoms with Crippen molar-refractivity contribution in [1.29, 1.82) is 0 Å². The summed E-state index contributed by atoms with van der Waals surface area (Å²) >= 11 is 11.5. The molecule has 1 aromatic rings. The van der Waals surface area contributed by atoms with Gasteiger partial charge in [0, 0.05) is 6.42 Å². The van der Waals surface area contributed by atoms with Crippen LogP contribution < -0.4 is 5.32 Å². The number of carbonyl (C=O) groups is 3. The highest BCUT2D eigenvalue weighted by molar-refractivity contribution is 6.34. The van der Waals surface area contributed by atoms with Gasteiger partial charge in [-0.25, -0.2) is 9.78 Å². The molecule has 0 aromatic carbocycles. The van der Waals surface area contributed by atoms with Crippen molar-refractivity contribution in [2.45, 2.75) is 18.9 Å². The summed E-state index contributed by atoms with van der Waals surface area (Å²) in [5.74, 6) is -2.65. The van der Waals surface area contributed by atoms with Crippen LogP contribution in [0, 0.1) is 0 Å². The summed E-state index contributed by atoms with van der Waals surface area (Å²) in [6, 6.07) is 1.50. The first-order valence-corrected chi connectivity index (χ1v) is 6.53. The van der Waals surface area contributed by atoms with Crippen LogP contribution in [0.2, 0.25) is 10.2 Å². The summed E-state index contributed by atoms with van der Waals surface area (Å²) in [7, 11) is 1.19. The van der Waals surface area contributed by atoms with E-state index < -0.39 is 23.9 Å². The average molecular weight is 335 g/mol. The lowest BCUT2D eigenvalue weighted by atomic mass is 10.1. The minimum absolute atomic E-state index is 0.0361. The molecule has 1 amide bonds. The lowest BCUT2D eigenvalue weighted by Crippen LogP contribution is -2.41. The Kier molecular flexibility index (Phi) is 6.39. The number of pyridine rings is 1. The fraction of sp³-hybridized carbons (Fsp3) is 0.333. The molecule has 2 N–H and O–H groups in total. The van der Waals surface area contributed by atoms with Gasteiger partial charge in [0.05, 0.1) is 12.1 Å². The summed E-state index contributed by atoms with van der Waals surface area (Å²) in [6.07, 6.45) is -0.267. The van der Waals surface area contributed by atoms with Gasteiger partial charge in [0.1, 0.15) is 16.9 Å². The number of aromatic nitrogens is 1. The quantitative estimate of drug-likeness (QED) is 0.603. The number of carboxylic acids is 1. The Hall–Kier alpha value is -1.86. The monoisotopic (exact) mass is 334 g/mol. The molecule has 1 aromatic heterocycles. The minimum atomic E-state index is -1.29. The molecule has 0 saturated carbocycles. The Morgan fingerprint density at radius 3 is 2.62 bits per heavy atom. The third-order valence-electron chi connectivity index (χ3n) is 2.50. The molecule has 9 heteroatoms. The highest BCUT2D eigenvalue weighted by Gasteiger charge is 2.23. The summed E-state index contributed by atoms with van der Waals surface area (Å²) in [5, 5.41) is 11.3. The van der Waals surface area contributed by atoms with E-state index in [4.69, 9.17) is 28.3 Å². The minimum Gasteiger partial charge on any atom is -0.480 e. The number of esters is 1. The van der Waals surface area contributed by atoms with Crippen molar-refractivity contribution < 1.29 is 24.2 Å². The molecule has 0 fully saturated rings. The van der Waals surface area contributed by atoms with Gasteiger partial charge in [-0.2, -0.15) is 0 Å². The maximum Gasteiger partial charge on any atom is 0.326 e. The molecule has 1 unspecified atom stereocenters. The zero-order valence-corrected chi connectivity index (χ0v) is 12.4. The number of methoxy groups -OCH3 is 1. The second-order valence-corrected chi connectivity index (χ2v) is 4.74. The number of nitrogens with one attached hydrogen (secondary N) is 1. The number of carboxylic acid groups (broad SMARTS) is 1. The van der Waals surface area contributed by atoms with Gasteiger partial charge in [-0.1, -0.05) is 23.2 Å². The van der Waals surface area contributed by atoms with Crippen molar-refractivity contribution in [3.05, 3.63) is 28.0 Å². The molecule has 0 aliphatic carbocycles. The van der Waals surface area contributed by atoms with E-state index in [0.717, 1.165) is 0 Å². The van der Waals surface area contributed by atoms with E-state index in [-0.39, 0.29) is 28.7 Å². The number of hydrogen-bond donors (Lipinski definition) is 2. The second-order valence-electron chi connectivity index (χ2n) is 3.94. The van der Waals surface area contributed by atoms with Gasteiger partial charge >= 0.3 is 11.9 Å². The van der Waals surface area contributed by atoms with Crippen molar-refractivity contribution in [2.75, 3.05) is 7.11 Å². The van der Waals surface area contributed by atoms with Crippen LogP contribution in [-0.2, 0) is 14.3 Å². The van der Waals surface area contributed by atoms with Gasteiger partial charge in [0.2, 0.25) is 0 Å². The van der Waals surface area contributed by atoms with E-state index in [1.807, 2.05) is 0 Å². The Morgan fingerprint density at radius 2 is 2.05 bits per heavy atom. The molecule has 114 valence electrons. The Labute approximate surface area is 130 Å². The Morgan fingerprint density at radius 1 is 1.38 bits per heavy atom. The predicted octanol–water partition coefficient (Wildman–Crippen LogP) is 1.52. The van der Waals surface area contributed by atoms with Gasteiger partial charge < -0.3 is 15.2 Å². The third kappa shape index (κ3) is 5.20. The van der Waals surface area contributed by atoms with Crippen LogP contribution >= 0.6 is 23.2 Å². The van der Waals surface area contributed by atoms with E-state index >= 15 is 0 Å². The predicted molar refractivity (Wildman–Crippen MR) is 74.4 cm³/mol. The van der Waals surface area contributed by atoms with Crippen molar-refractivity contribution in [2.24, 2.45) is 0 Å². The summed E-state index contributed by atoms with van der Waals surface area (Å²) in [4.78, 5) is 37.8. The number of hydrogen-bond acceptors (Lipinski definition) is 5. The first-order valence-electron chi connectivity index (χ1n) is 5.77. The SMILES string of the molecule is COC(=O)CCC(NC(=O)c1nc(Cl)ccc1Cl)C(=O)O. The first-order chi connectivity index (χ1) is 9.85. The number of rotatable bonds is 6. The standard InChI is InChI=1S/C12H12Cl2N2O5/c1-21-9(17)5-3-7(12(19)20)15-11(18)10-6(13)2-4-8(14)16-10/h2,4,7H,3,5H2,1H3,(H,15,18)(H,19,20). The van der Waals surface area contributed by atoms with E-state index in [1.165, 1.54) is 19.2 Å². The van der Waals surface area contributed by atoms with E-state index in [0.29, 0.717) is 0 Å². The molecule has 1 atom stereocenters. The third-order valence-corrected chi connectivity index (χ3v) is 3.01. The summed E-state index contributed by atoms with van der Waals surface area (Å²) < 4.78 is 4.41. The van der Waals surface area contributed by atoms with Gasteiger partial charge in [0.15, 0.2) is 0 Å². The van der Waals surface area contributed by atoms with Gasteiger partial charge in [-0.15, -0.1) is 0 Å². The molecule has 0 bridgehead atoms. The second kappa shape index (κ2) is 7.80. The lowest BCUT2D eigenvalue weighted by molar-refractivity contribution is -0.142. The van der Waals surface area contributed by atoms with Crippen LogP contribution in [0.4, 0.5) is 0 Å². The van der Waals surface area contributed by atoms with Crippen LogP contribution in [-0.4, -0.2) is 41.1 Å². The van der Waals surface area contributed by atoms with Crippen molar-refractivity contribution in [3.8, 4) is 0 Å². The van der Waals surface area contributed by atoms with Crippen LogP contribution in [0.15, 0.2) is 12.1 Å². The van der Waals surface area contributed by atoms with Gasteiger partial charge in [0.25, 0.3) is 5.91 Å². The molecule has 21 heavy (non-hydrogen) atoms. The molecular weight excluding hydrogens is 323 g/mol.